The molecule has 1 unspecified atom stereocenters. The van der Waals surface area contributed by atoms with Crippen LogP contribution >= 0.6 is 15.9 Å². The van der Waals surface area contributed by atoms with E-state index in [1.807, 2.05) is 6.07 Å². The molecule has 1 fully saturated rings. The molecule has 1 saturated heterocycles. The number of nitrogens with one attached hydrogen (secondary N) is 1. The van der Waals surface area contributed by atoms with Crippen LogP contribution in [0.2, 0.25) is 0 Å². The number of hydrogen-bond acceptors (Lipinski definition) is 3. The molecule has 2 atom stereocenters. The summed E-state index contributed by atoms with van der Waals surface area (Å²) in [7, 11) is 0. The first-order chi connectivity index (χ1) is 11.3. The number of nitrogens with zero attached hydrogens (tertiary/aromatic N) is 1. The third-order valence-corrected chi connectivity index (χ3v) is 4.75. The number of hydrogen-bond donors (Lipinski definition) is 1. The van der Waals surface area contributed by atoms with Crippen molar-refractivity contribution in [2.75, 3.05) is 26.2 Å². The zero-order valence-corrected chi connectivity index (χ0v) is 15.6. The van der Waals surface area contributed by atoms with Crippen molar-refractivity contribution >= 4 is 15.9 Å². The van der Waals surface area contributed by atoms with Gasteiger partial charge in [-0.3, -0.25) is 4.90 Å². The van der Waals surface area contributed by atoms with Crippen LogP contribution in [0.4, 0.5) is 13.2 Å². The molecule has 0 aliphatic carbocycles. The molecule has 0 bridgehead atoms. The standard InChI is InChI=1S/C17H24BrF3N2O/c1-3-4-12(2)16(23-7-5-22-6-8-23)13-9-14(18)11-15(10-13)24-17(19,20)21/h9-12,16,22H,3-8H2,1-2H3/t12?,16-/m0/s1. The quantitative estimate of drug-likeness (QED) is 0.735. The van der Waals surface area contributed by atoms with E-state index in [2.05, 4.69) is 44.7 Å². The smallest absolute Gasteiger partial charge is 0.406 e. The maximum absolute atomic E-state index is 12.6. The zero-order chi connectivity index (χ0) is 17.7. The van der Waals surface area contributed by atoms with Gasteiger partial charge in [0.1, 0.15) is 5.75 Å². The molecule has 0 aromatic heterocycles. The minimum Gasteiger partial charge on any atom is -0.406 e. The van der Waals surface area contributed by atoms with E-state index in [4.69, 9.17) is 0 Å². The van der Waals surface area contributed by atoms with Gasteiger partial charge in [-0.05, 0) is 36.1 Å². The largest absolute Gasteiger partial charge is 0.573 e. The van der Waals surface area contributed by atoms with Gasteiger partial charge in [-0.25, -0.2) is 0 Å². The first-order valence-electron chi connectivity index (χ1n) is 8.31. The van der Waals surface area contributed by atoms with Crippen LogP contribution in [0, 0.1) is 5.92 Å². The Hall–Kier alpha value is -0.790. The molecular weight excluding hydrogens is 385 g/mol. The summed E-state index contributed by atoms with van der Waals surface area (Å²) >= 11 is 3.32. The Morgan fingerprint density at radius 2 is 1.92 bits per heavy atom. The van der Waals surface area contributed by atoms with Gasteiger partial charge in [0.05, 0.1) is 0 Å². The van der Waals surface area contributed by atoms with Gasteiger partial charge in [-0.15, -0.1) is 13.2 Å². The van der Waals surface area contributed by atoms with Gasteiger partial charge in [-0.2, -0.15) is 0 Å². The third kappa shape index (κ3) is 5.63. The molecule has 1 aliphatic rings. The Labute approximate surface area is 149 Å². The Morgan fingerprint density at radius 1 is 1.25 bits per heavy atom. The molecule has 0 radical (unpaired) electrons. The fraction of sp³-hybridized carbons (Fsp3) is 0.647. The van der Waals surface area contributed by atoms with E-state index >= 15 is 0 Å². The van der Waals surface area contributed by atoms with E-state index in [0.29, 0.717) is 10.4 Å². The number of halogens is 4. The molecule has 24 heavy (non-hydrogen) atoms. The van der Waals surface area contributed by atoms with Crippen molar-refractivity contribution in [3.8, 4) is 5.75 Å². The summed E-state index contributed by atoms with van der Waals surface area (Å²) in [5.74, 6) is 0.178. The molecule has 1 aromatic carbocycles. The van der Waals surface area contributed by atoms with Crippen LogP contribution < -0.4 is 10.1 Å². The van der Waals surface area contributed by atoms with Crippen LogP contribution in [0.15, 0.2) is 22.7 Å². The highest BCUT2D eigenvalue weighted by Crippen LogP contribution is 2.36. The summed E-state index contributed by atoms with van der Waals surface area (Å²) in [6.45, 7) is 7.87. The Morgan fingerprint density at radius 3 is 2.50 bits per heavy atom. The summed E-state index contributed by atoms with van der Waals surface area (Å²) in [5, 5.41) is 3.32. The van der Waals surface area contributed by atoms with E-state index < -0.39 is 6.36 Å². The van der Waals surface area contributed by atoms with Crippen LogP contribution in [0.3, 0.4) is 0 Å². The lowest BCUT2D eigenvalue weighted by atomic mass is 9.89. The highest BCUT2D eigenvalue weighted by atomic mass is 79.9. The van der Waals surface area contributed by atoms with E-state index in [-0.39, 0.29) is 11.8 Å². The number of piperazine rings is 1. The van der Waals surface area contributed by atoms with Crippen molar-refractivity contribution in [1.82, 2.24) is 10.2 Å². The van der Waals surface area contributed by atoms with Gasteiger partial charge in [0.2, 0.25) is 0 Å². The summed E-state index contributed by atoms with van der Waals surface area (Å²) in [6.07, 6.45) is -2.61. The molecule has 1 aromatic rings. The molecule has 0 saturated carbocycles. The van der Waals surface area contributed by atoms with Crippen molar-refractivity contribution in [3.63, 3.8) is 0 Å². The monoisotopic (exact) mass is 408 g/mol. The lowest BCUT2D eigenvalue weighted by Gasteiger charge is -2.39. The summed E-state index contributed by atoms with van der Waals surface area (Å²) in [5.41, 5.74) is 0.867. The van der Waals surface area contributed by atoms with Crippen molar-refractivity contribution in [1.29, 1.82) is 0 Å². The lowest BCUT2D eigenvalue weighted by Crippen LogP contribution is -2.46. The molecule has 7 heteroatoms. The first kappa shape index (κ1) is 19.5. The second-order valence-electron chi connectivity index (χ2n) is 6.26. The van der Waals surface area contributed by atoms with Gasteiger partial charge in [0.15, 0.2) is 0 Å². The van der Waals surface area contributed by atoms with Gasteiger partial charge in [-0.1, -0.05) is 36.2 Å². The van der Waals surface area contributed by atoms with Crippen molar-refractivity contribution in [2.45, 2.75) is 39.1 Å². The minimum atomic E-state index is -4.68. The highest BCUT2D eigenvalue weighted by Gasteiger charge is 2.32. The lowest BCUT2D eigenvalue weighted by molar-refractivity contribution is -0.274. The fourth-order valence-electron chi connectivity index (χ4n) is 3.42. The average molecular weight is 409 g/mol. The summed E-state index contributed by atoms with van der Waals surface area (Å²) < 4.78 is 42.5. The predicted octanol–water partition coefficient (Wildman–Crippen LogP) is 4.73. The molecule has 1 heterocycles. The fourth-order valence-corrected chi connectivity index (χ4v) is 3.91. The molecular formula is C17H24BrF3N2O. The SMILES string of the molecule is CCCC(C)[C@@H](c1cc(Br)cc(OC(F)(F)F)c1)N1CCNCC1. The second kappa shape index (κ2) is 8.54. The average Bonchev–Trinajstić information content (AvgIpc) is 2.46. The van der Waals surface area contributed by atoms with Crippen LogP contribution in [0.25, 0.3) is 0 Å². The summed E-state index contributed by atoms with van der Waals surface area (Å²) in [6, 6.07) is 4.87. The van der Waals surface area contributed by atoms with Crippen LogP contribution in [-0.4, -0.2) is 37.4 Å². The van der Waals surface area contributed by atoms with Gasteiger partial charge < -0.3 is 10.1 Å². The number of ether oxygens (including phenoxy) is 1. The van der Waals surface area contributed by atoms with Crippen molar-refractivity contribution in [2.24, 2.45) is 5.92 Å². The van der Waals surface area contributed by atoms with Crippen molar-refractivity contribution < 1.29 is 17.9 Å². The number of rotatable bonds is 6. The molecule has 1 aliphatic heterocycles. The van der Waals surface area contributed by atoms with E-state index in [9.17, 15) is 13.2 Å². The molecule has 0 spiro atoms. The summed E-state index contributed by atoms with van der Waals surface area (Å²) in [4.78, 5) is 2.36. The zero-order valence-electron chi connectivity index (χ0n) is 14.0. The molecule has 0 amide bonds. The van der Waals surface area contributed by atoms with E-state index in [0.717, 1.165) is 44.6 Å². The molecule has 1 N–H and O–H groups in total. The maximum Gasteiger partial charge on any atom is 0.573 e. The Bertz CT molecular complexity index is 533. The Kier molecular flexibility index (Phi) is 6.95. The van der Waals surface area contributed by atoms with E-state index in [1.54, 1.807) is 0 Å². The van der Waals surface area contributed by atoms with E-state index in [1.165, 1.54) is 12.1 Å². The predicted molar refractivity (Wildman–Crippen MR) is 92.1 cm³/mol. The topological polar surface area (TPSA) is 24.5 Å². The normalized spacial score (nSPS) is 19.1. The molecule has 2 rings (SSSR count). The molecule has 3 nitrogen and oxygen atoms in total. The van der Waals surface area contributed by atoms with Crippen molar-refractivity contribution in [3.05, 3.63) is 28.2 Å². The second-order valence-corrected chi connectivity index (χ2v) is 7.18. The van der Waals surface area contributed by atoms with Gasteiger partial charge in [0.25, 0.3) is 0 Å². The van der Waals surface area contributed by atoms with Crippen LogP contribution in [0.5, 0.6) is 5.75 Å². The van der Waals surface area contributed by atoms with Crippen LogP contribution in [0.1, 0.15) is 38.3 Å². The maximum atomic E-state index is 12.6. The first-order valence-corrected chi connectivity index (χ1v) is 9.10. The van der Waals surface area contributed by atoms with Gasteiger partial charge >= 0.3 is 6.36 Å². The number of alkyl halides is 3. The molecule has 136 valence electrons. The third-order valence-electron chi connectivity index (χ3n) is 4.30. The minimum absolute atomic E-state index is 0.0835. The number of benzene rings is 1. The van der Waals surface area contributed by atoms with Crippen LogP contribution in [-0.2, 0) is 0 Å². The van der Waals surface area contributed by atoms with Gasteiger partial charge in [0, 0.05) is 36.7 Å². The Balaban J connectivity index is 2.33. The highest BCUT2D eigenvalue weighted by molar-refractivity contribution is 9.10.